The molecule has 1 atom stereocenters. The van der Waals surface area contributed by atoms with Crippen LogP contribution in [0.1, 0.15) is 25.3 Å². The van der Waals surface area contributed by atoms with Crippen LogP contribution >= 0.6 is 0 Å². The van der Waals surface area contributed by atoms with Gasteiger partial charge in [0.05, 0.1) is 17.1 Å². The van der Waals surface area contributed by atoms with E-state index >= 15 is 0 Å². The number of fused-ring (bicyclic) bond motifs is 1. The van der Waals surface area contributed by atoms with Gasteiger partial charge in [0.15, 0.2) is 0 Å². The largest absolute Gasteiger partial charge is 0.320 e. The molecule has 0 aliphatic carbocycles. The number of imidazole rings is 1. The first kappa shape index (κ1) is 19.9. The lowest BCUT2D eigenvalue weighted by atomic mass is 10.2. The van der Waals surface area contributed by atoms with E-state index in [1.165, 1.54) is 22.8 Å². The number of hydrogen-bond acceptors (Lipinski definition) is 5. The molecule has 0 bridgehead atoms. The van der Waals surface area contributed by atoms with Crippen LogP contribution in [-0.2, 0) is 10.0 Å². The van der Waals surface area contributed by atoms with Gasteiger partial charge in [-0.1, -0.05) is 12.1 Å². The minimum absolute atomic E-state index is 0.154. The Bertz CT molecular complexity index is 1100. The van der Waals surface area contributed by atoms with Gasteiger partial charge in [-0.3, -0.25) is 14.5 Å². The van der Waals surface area contributed by atoms with Crippen LogP contribution in [0.5, 0.6) is 0 Å². The molecule has 154 valence electrons. The van der Waals surface area contributed by atoms with Gasteiger partial charge in [0.25, 0.3) is 0 Å². The highest BCUT2D eigenvalue weighted by molar-refractivity contribution is 7.89. The Morgan fingerprint density at radius 1 is 1.03 bits per heavy atom. The molecule has 0 amide bonds. The lowest BCUT2D eigenvalue weighted by molar-refractivity contribution is 0.0616. The summed E-state index contributed by atoms with van der Waals surface area (Å²) < 4.78 is 55.3. The molecule has 1 aliphatic heterocycles. The molecule has 7 nitrogen and oxygen atoms in total. The molecule has 3 heterocycles. The molecular weight excluding hydrogens is 400 g/mol. The molecule has 1 aliphatic rings. The summed E-state index contributed by atoms with van der Waals surface area (Å²) in [5.41, 5.74) is 0.912. The van der Waals surface area contributed by atoms with Crippen molar-refractivity contribution < 1.29 is 17.2 Å². The molecule has 0 unspecified atom stereocenters. The molecule has 0 radical (unpaired) electrons. The Hall–Kier alpha value is -2.43. The molecule has 0 saturated carbocycles. The van der Waals surface area contributed by atoms with Crippen molar-refractivity contribution in [2.24, 2.45) is 0 Å². The van der Waals surface area contributed by atoms with Crippen molar-refractivity contribution in [1.29, 1.82) is 0 Å². The van der Waals surface area contributed by atoms with E-state index in [-0.39, 0.29) is 29.9 Å². The number of pyridine rings is 1. The van der Waals surface area contributed by atoms with E-state index < -0.39 is 16.6 Å². The Morgan fingerprint density at radius 3 is 2.41 bits per heavy atom. The van der Waals surface area contributed by atoms with E-state index in [1.807, 2.05) is 11.8 Å². The second-order valence-corrected chi connectivity index (χ2v) is 8.85. The van der Waals surface area contributed by atoms with E-state index in [2.05, 4.69) is 9.97 Å². The first-order chi connectivity index (χ1) is 13.9. The molecule has 4 rings (SSSR count). The fraction of sp³-hybridized carbons (Fsp3) is 0.368. The number of piperazine rings is 1. The third-order valence-electron chi connectivity index (χ3n) is 5.29. The lowest BCUT2D eigenvalue weighted by Crippen LogP contribution is -2.49. The minimum Gasteiger partial charge on any atom is -0.291 e. The number of nitrogens with zero attached hydrogens (tertiary/aromatic N) is 5. The summed E-state index contributed by atoms with van der Waals surface area (Å²) in [5, 5.41) is 0. The topological polar surface area (TPSA) is 71.3 Å². The normalized spacial score (nSPS) is 17.8. The number of hydrogen-bond donors (Lipinski definition) is 0. The van der Waals surface area contributed by atoms with Crippen LogP contribution in [0.2, 0.25) is 0 Å². The fourth-order valence-corrected chi connectivity index (χ4v) is 5.09. The molecule has 1 aromatic carbocycles. The van der Waals surface area contributed by atoms with E-state index in [9.17, 15) is 17.2 Å². The second-order valence-electron chi connectivity index (χ2n) is 6.91. The monoisotopic (exact) mass is 421 g/mol. The molecule has 10 heteroatoms. The summed E-state index contributed by atoms with van der Waals surface area (Å²) in [6.07, 6.45) is 2.85. The molecule has 1 saturated heterocycles. The molecular formula is C19H21F2N5O2S. The van der Waals surface area contributed by atoms with Crippen LogP contribution in [0.25, 0.3) is 11.0 Å². The fourth-order valence-electron chi connectivity index (χ4n) is 3.71. The van der Waals surface area contributed by atoms with E-state index in [0.717, 1.165) is 4.57 Å². The third kappa shape index (κ3) is 3.63. The van der Waals surface area contributed by atoms with Gasteiger partial charge in [-0.2, -0.15) is 13.1 Å². The number of sulfonamides is 1. The zero-order valence-corrected chi connectivity index (χ0v) is 16.6. The number of halogens is 2. The van der Waals surface area contributed by atoms with Crippen LogP contribution in [0, 0.1) is 0 Å². The number of para-hydroxylation sites is 2. The van der Waals surface area contributed by atoms with Gasteiger partial charge in [-0.05, 0) is 31.2 Å². The summed E-state index contributed by atoms with van der Waals surface area (Å²) in [5.74, 6) is 0.282. The van der Waals surface area contributed by atoms with Crippen molar-refractivity contribution in [3.63, 3.8) is 0 Å². The predicted molar refractivity (Wildman–Crippen MR) is 104 cm³/mol. The standard InChI is InChI=1S/C19H21F2N5O2S/c1-14(18-23-16-6-2-3-7-17(16)26(18)19(20)21)24-9-11-25(12-10-24)29(27,28)15-5-4-8-22-13-15/h2-8,13-14,19H,9-12H2,1H3/t14-/m1/s1. The van der Waals surface area contributed by atoms with Crippen LogP contribution in [0.15, 0.2) is 53.7 Å². The molecule has 0 spiro atoms. The van der Waals surface area contributed by atoms with E-state index in [4.69, 9.17) is 0 Å². The van der Waals surface area contributed by atoms with Gasteiger partial charge in [0.2, 0.25) is 10.0 Å². The first-order valence-electron chi connectivity index (χ1n) is 9.29. The van der Waals surface area contributed by atoms with Crippen LogP contribution in [0.4, 0.5) is 8.78 Å². The zero-order chi connectivity index (χ0) is 20.6. The highest BCUT2D eigenvalue weighted by Gasteiger charge is 2.32. The number of aromatic nitrogens is 3. The maximum absolute atomic E-state index is 13.7. The Labute approximate surface area is 167 Å². The minimum atomic E-state index is -3.61. The van der Waals surface area contributed by atoms with Gasteiger partial charge in [-0.25, -0.2) is 13.4 Å². The van der Waals surface area contributed by atoms with Crippen molar-refractivity contribution in [2.45, 2.75) is 24.4 Å². The first-order valence-corrected chi connectivity index (χ1v) is 10.7. The third-order valence-corrected chi connectivity index (χ3v) is 7.17. The van der Waals surface area contributed by atoms with Crippen molar-refractivity contribution >= 4 is 21.1 Å². The van der Waals surface area contributed by atoms with Gasteiger partial charge in [-0.15, -0.1) is 0 Å². The van der Waals surface area contributed by atoms with Gasteiger partial charge >= 0.3 is 6.55 Å². The second kappa shape index (κ2) is 7.77. The molecule has 3 aromatic rings. The SMILES string of the molecule is C[C@H](c1nc2ccccc2n1C(F)F)N1CCN(S(=O)(=O)c2cccnc2)CC1. The van der Waals surface area contributed by atoms with Gasteiger partial charge in [0.1, 0.15) is 10.7 Å². The Balaban J connectivity index is 1.54. The van der Waals surface area contributed by atoms with E-state index in [1.54, 1.807) is 30.3 Å². The maximum atomic E-state index is 13.7. The van der Waals surface area contributed by atoms with Crippen molar-refractivity contribution in [3.8, 4) is 0 Å². The average molecular weight is 421 g/mol. The Morgan fingerprint density at radius 2 is 1.76 bits per heavy atom. The smallest absolute Gasteiger partial charge is 0.291 e. The summed E-state index contributed by atoms with van der Waals surface area (Å²) in [7, 11) is -3.61. The van der Waals surface area contributed by atoms with Crippen molar-refractivity contribution in [2.75, 3.05) is 26.2 Å². The van der Waals surface area contributed by atoms with Crippen LogP contribution in [0.3, 0.4) is 0 Å². The lowest BCUT2D eigenvalue weighted by Gasteiger charge is -2.37. The molecule has 0 N–H and O–H groups in total. The Kier molecular flexibility index (Phi) is 5.32. The number of benzene rings is 1. The number of alkyl halides is 2. The average Bonchev–Trinajstić information content (AvgIpc) is 3.14. The molecule has 2 aromatic heterocycles. The highest BCUT2D eigenvalue weighted by Crippen LogP contribution is 2.30. The summed E-state index contributed by atoms with van der Waals surface area (Å²) in [4.78, 5) is 10.4. The maximum Gasteiger partial charge on any atom is 0.320 e. The highest BCUT2D eigenvalue weighted by atomic mass is 32.2. The quantitative estimate of drug-likeness (QED) is 0.634. The van der Waals surface area contributed by atoms with E-state index in [0.29, 0.717) is 24.1 Å². The van der Waals surface area contributed by atoms with Crippen LogP contribution < -0.4 is 0 Å². The summed E-state index contributed by atoms with van der Waals surface area (Å²) in [6, 6.07) is 9.54. The predicted octanol–water partition coefficient (Wildman–Crippen LogP) is 2.89. The summed E-state index contributed by atoms with van der Waals surface area (Å²) in [6.45, 7) is 0.519. The number of rotatable bonds is 5. The van der Waals surface area contributed by atoms with Crippen molar-refractivity contribution in [3.05, 3.63) is 54.6 Å². The molecule has 29 heavy (non-hydrogen) atoms. The molecule has 1 fully saturated rings. The van der Waals surface area contributed by atoms with Gasteiger partial charge < -0.3 is 0 Å². The zero-order valence-electron chi connectivity index (χ0n) is 15.8. The van der Waals surface area contributed by atoms with Crippen molar-refractivity contribution in [1.82, 2.24) is 23.7 Å². The summed E-state index contributed by atoms with van der Waals surface area (Å²) >= 11 is 0. The van der Waals surface area contributed by atoms with Gasteiger partial charge in [0, 0.05) is 38.6 Å². The van der Waals surface area contributed by atoms with Crippen LogP contribution in [-0.4, -0.2) is 58.3 Å².